The Labute approximate surface area is 155 Å². The van der Waals surface area contributed by atoms with Gasteiger partial charge in [0.15, 0.2) is 5.96 Å². The molecule has 0 fully saturated rings. The minimum absolute atomic E-state index is 0. The SMILES string of the molecule is CCCCNC(=NCc1ccc([N+](=O)[O-])cc1)NCCCC.I. The van der Waals surface area contributed by atoms with Gasteiger partial charge in [0.25, 0.3) is 5.69 Å². The Morgan fingerprint density at radius 3 is 2.04 bits per heavy atom. The maximum atomic E-state index is 10.6. The summed E-state index contributed by atoms with van der Waals surface area (Å²) in [5.74, 6) is 0.806. The van der Waals surface area contributed by atoms with Crippen LogP contribution in [0, 0.1) is 10.1 Å². The predicted octanol–water partition coefficient (Wildman–Crippen LogP) is 3.85. The number of rotatable bonds is 9. The smallest absolute Gasteiger partial charge is 0.269 e. The van der Waals surface area contributed by atoms with Crippen molar-refractivity contribution < 1.29 is 4.92 Å². The Morgan fingerprint density at radius 2 is 1.61 bits per heavy atom. The van der Waals surface area contributed by atoms with Crippen LogP contribution in [-0.4, -0.2) is 24.0 Å². The molecule has 0 radical (unpaired) electrons. The number of halogens is 1. The lowest BCUT2D eigenvalue weighted by Gasteiger charge is -2.12. The number of unbranched alkanes of at least 4 members (excludes halogenated alkanes) is 2. The second kappa shape index (κ2) is 13.1. The Balaban J connectivity index is 0.00000484. The van der Waals surface area contributed by atoms with Crippen molar-refractivity contribution in [2.24, 2.45) is 4.99 Å². The van der Waals surface area contributed by atoms with Crippen LogP contribution in [0.3, 0.4) is 0 Å². The number of aliphatic imine (C=N–C) groups is 1. The monoisotopic (exact) mass is 434 g/mol. The zero-order valence-electron chi connectivity index (χ0n) is 13.9. The van der Waals surface area contributed by atoms with Crippen molar-refractivity contribution in [2.45, 2.75) is 46.1 Å². The number of guanidine groups is 1. The normalized spacial score (nSPS) is 9.65. The van der Waals surface area contributed by atoms with Gasteiger partial charge in [-0.1, -0.05) is 38.8 Å². The van der Waals surface area contributed by atoms with Gasteiger partial charge in [0, 0.05) is 25.2 Å². The maximum absolute atomic E-state index is 10.6. The standard InChI is InChI=1S/C16H26N4O2.HI/c1-3-5-11-17-16(18-12-6-4-2)19-13-14-7-9-15(10-8-14)20(21)22;/h7-10H,3-6,11-13H2,1-2H3,(H2,17,18,19);1H. The third kappa shape index (κ3) is 9.37. The minimum atomic E-state index is -0.392. The molecule has 1 rings (SSSR count). The van der Waals surface area contributed by atoms with Gasteiger partial charge in [0.05, 0.1) is 11.5 Å². The molecule has 0 aliphatic heterocycles. The first kappa shape index (κ1) is 21.6. The summed E-state index contributed by atoms with van der Waals surface area (Å²) in [6.07, 6.45) is 4.48. The van der Waals surface area contributed by atoms with Crippen molar-refractivity contribution in [3.63, 3.8) is 0 Å². The molecule has 0 saturated carbocycles. The third-order valence-electron chi connectivity index (χ3n) is 3.21. The molecule has 23 heavy (non-hydrogen) atoms. The van der Waals surface area contributed by atoms with Crippen molar-refractivity contribution >= 4 is 35.6 Å². The predicted molar refractivity (Wildman–Crippen MR) is 105 cm³/mol. The molecule has 0 amide bonds. The molecule has 0 aliphatic carbocycles. The summed E-state index contributed by atoms with van der Waals surface area (Å²) in [5.41, 5.74) is 1.06. The van der Waals surface area contributed by atoms with E-state index in [1.54, 1.807) is 12.1 Å². The highest BCUT2D eigenvalue weighted by atomic mass is 127. The summed E-state index contributed by atoms with van der Waals surface area (Å²) in [6.45, 7) is 6.61. The molecule has 0 heterocycles. The lowest BCUT2D eigenvalue weighted by Crippen LogP contribution is -2.38. The van der Waals surface area contributed by atoms with Crippen molar-refractivity contribution in [1.29, 1.82) is 0 Å². The number of nitro benzene ring substituents is 1. The molecule has 0 aliphatic rings. The average molecular weight is 434 g/mol. The van der Waals surface area contributed by atoms with E-state index in [1.165, 1.54) is 12.1 Å². The van der Waals surface area contributed by atoms with Crippen LogP contribution < -0.4 is 10.6 Å². The zero-order chi connectivity index (χ0) is 16.2. The van der Waals surface area contributed by atoms with Crippen molar-refractivity contribution in [1.82, 2.24) is 10.6 Å². The topological polar surface area (TPSA) is 79.6 Å². The van der Waals surface area contributed by atoms with Crippen LogP contribution in [0.5, 0.6) is 0 Å². The van der Waals surface area contributed by atoms with Crippen LogP contribution in [0.25, 0.3) is 0 Å². The molecule has 2 N–H and O–H groups in total. The van der Waals surface area contributed by atoms with E-state index >= 15 is 0 Å². The molecule has 0 spiro atoms. The lowest BCUT2D eigenvalue weighted by atomic mass is 10.2. The molecule has 0 aromatic heterocycles. The molecule has 0 bridgehead atoms. The van der Waals surface area contributed by atoms with Crippen molar-refractivity contribution in [3.8, 4) is 0 Å². The second-order valence-electron chi connectivity index (χ2n) is 5.15. The van der Waals surface area contributed by atoms with Gasteiger partial charge in [0.1, 0.15) is 0 Å². The van der Waals surface area contributed by atoms with Crippen LogP contribution in [-0.2, 0) is 6.54 Å². The maximum Gasteiger partial charge on any atom is 0.269 e. The van der Waals surface area contributed by atoms with Gasteiger partial charge in [0.2, 0.25) is 0 Å². The van der Waals surface area contributed by atoms with Crippen LogP contribution >= 0.6 is 24.0 Å². The summed E-state index contributed by atoms with van der Waals surface area (Å²) in [4.78, 5) is 14.8. The van der Waals surface area contributed by atoms with E-state index in [0.717, 1.165) is 50.3 Å². The van der Waals surface area contributed by atoms with Gasteiger partial charge in [-0.2, -0.15) is 0 Å². The first-order valence-electron chi connectivity index (χ1n) is 7.92. The molecule has 1 aromatic carbocycles. The summed E-state index contributed by atoms with van der Waals surface area (Å²) < 4.78 is 0. The van der Waals surface area contributed by atoms with Crippen LogP contribution in [0.1, 0.15) is 45.1 Å². The number of non-ortho nitro benzene ring substituents is 1. The Bertz CT molecular complexity index is 465. The van der Waals surface area contributed by atoms with E-state index in [-0.39, 0.29) is 29.7 Å². The molecular weight excluding hydrogens is 407 g/mol. The Morgan fingerprint density at radius 1 is 1.09 bits per heavy atom. The first-order chi connectivity index (χ1) is 10.7. The van der Waals surface area contributed by atoms with Gasteiger partial charge >= 0.3 is 0 Å². The van der Waals surface area contributed by atoms with E-state index < -0.39 is 4.92 Å². The highest BCUT2D eigenvalue weighted by Gasteiger charge is 2.04. The van der Waals surface area contributed by atoms with Gasteiger partial charge in [-0.05, 0) is 18.4 Å². The number of hydrogen-bond donors (Lipinski definition) is 2. The van der Waals surface area contributed by atoms with Gasteiger partial charge in [-0.3, -0.25) is 10.1 Å². The second-order valence-corrected chi connectivity index (χ2v) is 5.15. The highest BCUT2D eigenvalue weighted by molar-refractivity contribution is 14.0. The number of benzene rings is 1. The fraction of sp³-hybridized carbons (Fsp3) is 0.562. The van der Waals surface area contributed by atoms with Crippen molar-refractivity contribution in [2.75, 3.05) is 13.1 Å². The summed E-state index contributed by atoms with van der Waals surface area (Å²) >= 11 is 0. The van der Waals surface area contributed by atoms with E-state index in [4.69, 9.17) is 0 Å². The molecule has 7 heteroatoms. The quantitative estimate of drug-likeness (QED) is 0.155. The molecule has 130 valence electrons. The molecule has 0 atom stereocenters. The van der Waals surface area contributed by atoms with E-state index in [2.05, 4.69) is 29.5 Å². The average Bonchev–Trinajstić information content (AvgIpc) is 2.53. The minimum Gasteiger partial charge on any atom is -0.356 e. The van der Waals surface area contributed by atoms with Crippen molar-refractivity contribution in [3.05, 3.63) is 39.9 Å². The number of nitrogens with one attached hydrogen (secondary N) is 2. The lowest BCUT2D eigenvalue weighted by molar-refractivity contribution is -0.384. The first-order valence-corrected chi connectivity index (χ1v) is 7.92. The van der Waals surface area contributed by atoms with Gasteiger partial charge < -0.3 is 10.6 Å². The fourth-order valence-electron chi connectivity index (χ4n) is 1.83. The van der Waals surface area contributed by atoms with Gasteiger partial charge in [-0.25, -0.2) is 4.99 Å². The number of hydrogen-bond acceptors (Lipinski definition) is 3. The highest BCUT2D eigenvalue weighted by Crippen LogP contribution is 2.12. The summed E-state index contributed by atoms with van der Waals surface area (Å²) in [7, 11) is 0. The largest absolute Gasteiger partial charge is 0.356 e. The Hall–Kier alpha value is -1.38. The summed E-state index contributed by atoms with van der Waals surface area (Å²) in [6, 6.07) is 6.52. The molecule has 6 nitrogen and oxygen atoms in total. The number of nitro groups is 1. The third-order valence-corrected chi connectivity index (χ3v) is 3.21. The molecule has 0 saturated heterocycles. The number of nitrogens with zero attached hydrogens (tertiary/aromatic N) is 2. The molecular formula is C16H27IN4O2. The molecule has 1 aromatic rings. The molecule has 0 unspecified atom stereocenters. The van der Waals surface area contributed by atoms with Crippen LogP contribution in [0.2, 0.25) is 0 Å². The summed E-state index contributed by atoms with van der Waals surface area (Å²) in [5, 5.41) is 17.2. The van der Waals surface area contributed by atoms with Crippen LogP contribution in [0.15, 0.2) is 29.3 Å². The van der Waals surface area contributed by atoms with Crippen LogP contribution in [0.4, 0.5) is 5.69 Å². The zero-order valence-corrected chi connectivity index (χ0v) is 16.2. The fourth-order valence-corrected chi connectivity index (χ4v) is 1.83. The van der Waals surface area contributed by atoms with E-state index in [1.807, 2.05) is 0 Å². The van der Waals surface area contributed by atoms with E-state index in [9.17, 15) is 10.1 Å². The van der Waals surface area contributed by atoms with Gasteiger partial charge in [-0.15, -0.1) is 24.0 Å². The Kier molecular flexibility index (Phi) is 12.3. The van der Waals surface area contributed by atoms with E-state index in [0.29, 0.717) is 6.54 Å².